The van der Waals surface area contributed by atoms with Gasteiger partial charge >= 0.3 is 0 Å². The highest BCUT2D eigenvalue weighted by Gasteiger charge is 2.23. The van der Waals surface area contributed by atoms with E-state index in [0.29, 0.717) is 6.42 Å². The van der Waals surface area contributed by atoms with Crippen molar-refractivity contribution in [3.63, 3.8) is 0 Å². The number of fused-ring (bicyclic) bond motifs is 2. The molecule has 2 heterocycles. The molecule has 0 aliphatic carbocycles. The van der Waals surface area contributed by atoms with Gasteiger partial charge < -0.3 is 9.80 Å². The molecule has 0 N–H and O–H groups in total. The normalized spacial score (nSPS) is 14.7. The maximum Gasteiger partial charge on any atom is 0.227 e. The van der Waals surface area contributed by atoms with Gasteiger partial charge in [-0.2, -0.15) is 0 Å². The highest BCUT2D eigenvalue weighted by Crippen LogP contribution is 2.30. The van der Waals surface area contributed by atoms with Crippen LogP contribution in [-0.4, -0.2) is 42.0 Å². The highest BCUT2D eigenvalue weighted by atomic mass is 32.1. The predicted octanol–water partition coefficient (Wildman–Crippen LogP) is 4.65. The molecule has 5 rings (SSSR count). The number of amides is 1. The van der Waals surface area contributed by atoms with E-state index in [1.165, 1.54) is 21.0 Å². The van der Waals surface area contributed by atoms with Gasteiger partial charge in [-0.15, -0.1) is 0 Å². The number of anilines is 1. The Balaban J connectivity index is 1.26. The molecule has 1 amide bonds. The minimum atomic E-state index is 0.209. The van der Waals surface area contributed by atoms with Crippen LogP contribution in [0.3, 0.4) is 0 Å². The summed E-state index contributed by atoms with van der Waals surface area (Å²) in [6.07, 6.45) is 0.460. The van der Waals surface area contributed by atoms with Crippen LogP contribution in [0.2, 0.25) is 0 Å². The fourth-order valence-corrected chi connectivity index (χ4v) is 5.14. The second-order valence-corrected chi connectivity index (χ2v) is 8.66. The first-order valence-corrected chi connectivity index (χ1v) is 10.9. The Bertz CT molecular complexity index is 1190. The van der Waals surface area contributed by atoms with Gasteiger partial charge in [-0.25, -0.2) is 4.98 Å². The molecule has 4 nitrogen and oxygen atoms in total. The summed E-state index contributed by atoms with van der Waals surface area (Å²) in [6, 6.07) is 20.9. The predicted molar refractivity (Wildman–Crippen MR) is 121 cm³/mol. The van der Waals surface area contributed by atoms with Crippen molar-refractivity contribution in [3.8, 4) is 0 Å². The van der Waals surface area contributed by atoms with E-state index < -0.39 is 0 Å². The van der Waals surface area contributed by atoms with E-state index in [0.717, 1.165) is 42.4 Å². The van der Waals surface area contributed by atoms with E-state index in [-0.39, 0.29) is 5.91 Å². The zero-order valence-electron chi connectivity index (χ0n) is 16.5. The lowest BCUT2D eigenvalue weighted by molar-refractivity contribution is -0.130. The van der Waals surface area contributed by atoms with E-state index in [2.05, 4.69) is 54.3 Å². The van der Waals surface area contributed by atoms with Crippen LogP contribution in [0.15, 0.2) is 60.7 Å². The smallest absolute Gasteiger partial charge is 0.227 e. The zero-order chi connectivity index (χ0) is 19.8. The molecule has 0 spiro atoms. The molecule has 0 atom stereocenters. The summed E-state index contributed by atoms with van der Waals surface area (Å²) < 4.78 is 1.23. The third-order valence-corrected chi connectivity index (χ3v) is 6.74. The van der Waals surface area contributed by atoms with E-state index in [1.807, 2.05) is 23.1 Å². The van der Waals surface area contributed by atoms with Crippen LogP contribution in [0.4, 0.5) is 5.13 Å². The van der Waals surface area contributed by atoms with Gasteiger partial charge in [0.25, 0.3) is 0 Å². The molecular weight excluding hydrogens is 378 g/mol. The van der Waals surface area contributed by atoms with Gasteiger partial charge in [0.15, 0.2) is 5.13 Å². The van der Waals surface area contributed by atoms with Gasteiger partial charge in [-0.05, 0) is 41.0 Å². The van der Waals surface area contributed by atoms with Gasteiger partial charge in [0.05, 0.1) is 16.6 Å². The van der Waals surface area contributed by atoms with Gasteiger partial charge in [0.2, 0.25) is 5.91 Å². The number of nitrogens with zero attached hydrogens (tertiary/aromatic N) is 3. The minimum Gasteiger partial charge on any atom is -0.345 e. The average Bonchev–Trinajstić information content (AvgIpc) is 3.17. The summed E-state index contributed by atoms with van der Waals surface area (Å²) in [4.78, 5) is 22.0. The molecular formula is C24H23N3OS. The van der Waals surface area contributed by atoms with Crippen molar-refractivity contribution in [2.24, 2.45) is 0 Å². The molecule has 1 aromatic heterocycles. The number of thiazole rings is 1. The molecule has 0 radical (unpaired) electrons. The van der Waals surface area contributed by atoms with Gasteiger partial charge in [0.1, 0.15) is 0 Å². The first kappa shape index (κ1) is 18.1. The lowest BCUT2D eigenvalue weighted by Crippen LogP contribution is -2.49. The van der Waals surface area contributed by atoms with Gasteiger partial charge in [-0.1, -0.05) is 59.9 Å². The Hall–Kier alpha value is -2.92. The first-order chi connectivity index (χ1) is 14.2. The molecule has 1 aliphatic heterocycles. The van der Waals surface area contributed by atoms with Crippen LogP contribution < -0.4 is 4.90 Å². The van der Waals surface area contributed by atoms with Crippen LogP contribution in [0.5, 0.6) is 0 Å². The summed E-state index contributed by atoms with van der Waals surface area (Å²) >= 11 is 1.74. The number of carbonyl (C=O) groups excluding carboxylic acids is 1. The third-order valence-electron chi connectivity index (χ3n) is 5.66. The second kappa shape index (κ2) is 7.48. The molecule has 146 valence electrons. The summed E-state index contributed by atoms with van der Waals surface area (Å²) in [5, 5.41) is 3.42. The van der Waals surface area contributed by atoms with Crippen LogP contribution in [0, 0.1) is 6.92 Å². The standard InChI is InChI=1S/C24H23N3OS/c1-17-9-10-21-22(15-17)29-24(25-21)27-13-11-26(12-14-27)23(28)16-19-7-4-6-18-5-2-3-8-20(18)19/h2-10,15H,11-14,16H2,1H3. The minimum absolute atomic E-state index is 0.209. The molecule has 1 saturated heterocycles. The molecule has 0 bridgehead atoms. The Morgan fingerprint density at radius 2 is 1.79 bits per heavy atom. The third kappa shape index (κ3) is 3.58. The number of aromatic nitrogens is 1. The summed E-state index contributed by atoms with van der Waals surface area (Å²) in [5.41, 5.74) is 3.43. The lowest BCUT2D eigenvalue weighted by Gasteiger charge is -2.34. The van der Waals surface area contributed by atoms with Crippen molar-refractivity contribution >= 4 is 43.4 Å². The first-order valence-electron chi connectivity index (χ1n) is 10.0. The Morgan fingerprint density at radius 1 is 1.00 bits per heavy atom. The van der Waals surface area contributed by atoms with Crippen molar-refractivity contribution < 1.29 is 4.79 Å². The number of hydrogen-bond acceptors (Lipinski definition) is 4. The van der Waals surface area contributed by atoms with Crippen molar-refractivity contribution in [2.45, 2.75) is 13.3 Å². The van der Waals surface area contributed by atoms with Crippen LogP contribution in [0.1, 0.15) is 11.1 Å². The number of aryl methyl sites for hydroxylation is 1. The molecule has 1 aliphatic rings. The second-order valence-electron chi connectivity index (χ2n) is 7.65. The maximum atomic E-state index is 12.9. The Morgan fingerprint density at radius 3 is 2.66 bits per heavy atom. The molecule has 29 heavy (non-hydrogen) atoms. The van der Waals surface area contributed by atoms with E-state index in [9.17, 15) is 4.79 Å². The summed E-state index contributed by atoms with van der Waals surface area (Å²) in [5.74, 6) is 0.209. The molecule has 3 aromatic carbocycles. The molecule has 0 saturated carbocycles. The van der Waals surface area contributed by atoms with E-state index in [4.69, 9.17) is 4.98 Å². The van der Waals surface area contributed by atoms with Crippen molar-refractivity contribution in [1.29, 1.82) is 0 Å². The van der Waals surface area contributed by atoms with Crippen molar-refractivity contribution in [1.82, 2.24) is 9.88 Å². The molecule has 4 aromatic rings. The maximum absolute atomic E-state index is 12.9. The van der Waals surface area contributed by atoms with Crippen molar-refractivity contribution in [3.05, 3.63) is 71.8 Å². The molecule has 5 heteroatoms. The van der Waals surface area contributed by atoms with Crippen LogP contribution in [0.25, 0.3) is 21.0 Å². The summed E-state index contributed by atoms with van der Waals surface area (Å²) in [6.45, 7) is 5.27. The quantitative estimate of drug-likeness (QED) is 0.501. The SMILES string of the molecule is Cc1ccc2nc(N3CCN(C(=O)Cc4cccc5ccccc45)CC3)sc2c1. The molecule has 0 unspecified atom stereocenters. The molecule has 1 fully saturated rings. The monoisotopic (exact) mass is 401 g/mol. The fourth-order valence-electron chi connectivity index (χ4n) is 4.02. The fraction of sp³-hybridized carbons (Fsp3) is 0.250. The largest absolute Gasteiger partial charge is 0.345 e. The van der Waals surface area contributed by atoms with Gasteiger partial charge in [-0.3, -0.25) is 4.79 Å². The lowest BCUT2D eigenvalue weighted by atomic mass is 10.0. The van der Waals surface area contributed by atoms with E-state index >= 15 is 0 Å². The van der Waals surface area contributed by atoms with E-state index in [1.54, 1.807) is 11.3 Å². The van der Waals surface area contributed by atoms with Crippen LogP contribution >= 0.6 is 11.3 Å². The Kier molecular flexibility index (Phi) is 4.68. The summed E-state index contributed by atoms with van der Waals surface area (Å²) in [7, 11) is 0. The van der Waals surface area contributed by atoms with Crippen LogP contribution in [-0.2, 0) is 11.2 Å². The van der Waals surface area contributed by atoms with Crippen molar-refractivity contribution in [2.75, 3.05) is 31.1 Å². The topological polar surface area (TPSA) is 36.4 Å². The number of hydrogen-bond donors (Lipinski definition) is 0. The Labute approximate surface area is 174 Å². The average molecular weight is 402 g/mol. The number of piperazine rings is 1. The number of benzene rings is 3. The van der Waals surface area contributed by atoms with Gasteiger partial charge in [0, 0.05) is 26.2 Å². The number of carbonyl (C=O) groups is 1. The highest BCUT2D eigenvalue weighted by molar-refractivity contribution is 7.22. The zero-order valence-corrected chi connectivity index (χ0v) is 17.3. The number of rotatable bonds is 3.